The number of aryl methyl sites for hydroxylation is 1. The van der Waals surface area contributed by atoms with Gasteiger partial charge in [-0.2, -0.15) is 0 Å². The molecule has 0 bridgehead atoms. The second kappa shape index (κ2) is 12.8. The molecule has 0 fully saturated rings. The first-order valence-corrected chi connectivity index (χ1v) is 11.7. The molecule has 0 saturated heterocycles. The van der Waals surface area contributed by atoms with Gasteiger partial charge in [-0.15, -0.1) is 0 Å². The van der Waals surface area contributed by atoms with Gasteiger partial charge in [0.2, 0.25) is 6.79 Å². The van der Waals surface area contributed by atoms with Crippen LogP contribution in [0.2, 0.25) is 0 Å². The normalized spacial score (nSPS) is 11.4. The molecule has 0 saturated carbocycles. The lowest BCUT2D eigenvalue weighted by Crippen LogP contribution is -2.24. The molecule has 0 radical (unpaired) electrons. The van der Waals surface area contributed by atoms with E-state index in [2.05, 4.69) is 0 Å². The molecule has 0 aliphatic rings. The summed E-state index contributed by atoms with van der Waals surface area (Å²) in [5.41, 5.74) is 1.66. The van der Waals surface area contributed by atoms with E-state index in [0.29, 0.717) is 30.3 Å². The molecule has 2 rings (SSSR count). The van der Waals surface area contributed by atoms with Crippen molar-refractivity contribution < 1.29 is 28.5 Å². The molecule has 0 aromatic heterocycles. The average molecular weight is 469 g/mol. The van der Waals surface area contributed by atoms with Crippen molar-refractivity contribution in [1.82, 2.24) is 0 Å². The average Bonchev–Trinajstić information content (AvgIpc) is 2.81. The highest BCUT2D eigenvalue weighted by Crippen LogP contribution is 2.34. The second-order valence-corrected chi connectivity index (χ2v) is 8.99. The maximum absolute atomic E-state index is 12.8. The molecule has 34 heavy (non-hydrogen) atoms. The summed E-state index contributed by atoms with van der Waals surface area (Å²) in [6.07, 6.45) is 5.03. The van der Waals surface area contributed by atoms with Gasteiger partial charge in [0.15, 0.2) is 5.78 Å². The Kier molecular flexibility index (Phi) is 10.2. The molecule has 2 aromatic rings. The molecule has 0 aliphatic heterocycles. The van der Waals surface area contributed by atoms with Gasteiger partial charge in [-0.1, -0.05) is 19.9 Å². The Balaban J connectivity index is 2.12. The minimum absolute atomic E-state index is 0.157. The monoisotopic (exact) mass is 468 g/mol. The predicted octanol–water partition coefficient (Wildman–Crippen LogP) is 6.39. The van der Waals surface area contributed by atoms with Gasteiger partial charge in [0.05, 0.1) is 24.2 Å². The summed E-state index contributed by atoms with van der Waals surface area (Å²) in [4.78, 5) is 24.6. The van der Waals surface area contributed by atoms with E-state index in [4.69, 9.17) is 18.9 Å². The second-order valence-electron chi connectivity index (χ2n) is 8.99. The highest BCUT2D eigenvalue weighted by molar-refractivity contribution is 6.07. The van der Waals surface area contributed by atoms with Gasteiger partial charge >= 0.3 is 5.97 Å². The summed E-state index contributed by atoms with van der Waals surface area (Å²) in [5, 5.41) is 0. The van der Waals surface area contributed by atoms with Gasteiger partial charge in [0.25, 0.3) is 0 Å². The van der Waals surface area contributed by atoms with E-state index in [0.717, 1.165) is 29.7 Å². The number of ether oxygens (including phenoxy) is 4. The van der Waals surface area contributed by atoms with Crippen molar-refractivity contribution in [2.24, 2.45) is 5.41 Å². The molecule has 0 unspecified atom stereocenters. The van der Waals surface area contributed by atoms with Crippen LogP contribution in [0, 0.1) is 12.3 Å². The molecule has 0 aliphatic carbocycles. The molecule has 0 N–H and O–H groups in total. The molecule has 6 nitrogen and oxygen atoms in total. The topological polar surface area (TPSA) is 71.1 Å². The molecule has 184 valence electrons. The minimum Gasteiger partial charge on any atom is -0.493 e. The van der Waals surface area contributed by atoms with Crippen LogP contribution in [0.4, 0.5) is 0 Å². The van der Waals surface area contributed by atoms with E-state index >= 15 is 0 Å². The number of allylic oxidation sites excluding steroid dienone is 1. The number of carbonyl (C=O) groups excluding carboxylic acids is 2. The fourth-order valence-electron chi connectivity index (χ4n) is 2.92. The Bertz CT molecular complexity index is 983. The molecule has 6 heteroatoms. The standard InChI is InChI=1S/C28H36O6/c1-7-17-31-25-16-9-20(3)26(32-18-8-2)23(25)14-15-24(29)21-10-12-22(13-11-21)33-19-34-27(30)28(4,5)6/h9-16H,7-8,17-19H2,1-6H3/b15-14+. The summed E-state index contributed by atoms with van der Waals surface area (Å²) in [7, 11) is 0. The number of ketones is 1. The van der Waals surface area contributed by atoms with E-state index in [1.165, 1.54) is 6.08 Å². The van der Waals surface area contributed by atoms with E-state index < -0.39 is 5.41 Å². The third kappa shape index (κ3) is 7.94. The van der Waals surface area contributed by atoms with Gasteiger partial charge in [0, 0.05) is 5.56 Å². The van der Waals surface area contributed by atoms with Crippen LogP contribution in [0.1, 0.15) is 68.9 Å². The number of hydrogen-bond acceptors (Lipinski definition) is 6. The number of carbonyl (C=O) groups is 2. The predicted molar refractivity (Wildman–Crippen MR) is 134 cm³/mol. The van der Waals surface area contributed by atoms with Crippen LogP contribution in [0.5, 0.6) is 17.2 Å². The van der Waals surface area contributed by atoms with Crippen molar-refractivity contribution in [1.29, 1.82) is 0 Å². The maximum atomic E-state index is 12.8. The molecule has 0 heterocycles. The minimum atomic E-state index is -0.591. The van der Waals surface area contributed by atoms with Crippen molar-refractivity contribution in [3.8, 4) is 17.2 Å². The lowest BCUT2D eigenvalue weighted by molar-refractivity contribution is -0.159. The van der Waals surface area contributed by atoms with Crippen LogP contribution in [0.3, 0.4) is 0 Å². The third-order valence-electron chi connectivity index (χ3n) is 4.83. The van der Waals surface area contributed by atoms with Crippen LogP contribution >= 0.6 is 0 Å². The first-order valence-electron chi connectivity index (χ1n) is 11.7. The van der Waals surface area contributed by atoms with Crippen molar-refractivity contribution in [2.45, 2.75) is 54.4 Å². The summed E-state index contributed by atoms with van der Waals surface area (Å²) in [6, 6.07) is 10.6. The van der Waals surface area contributed by atoms with Crippen LogP contribution < -0.4 is 14.2 Å². The maximum Gasteiger partial charge on any atom is 0.314 e. The van der Waals surface area contributed by atoms with Crippen molar-refractivity contribution in [3.63, 3.8) is 0 Å². The third-order valence-corrected chi connectivity index (χ3v) is 4.83. The van der Waals surface area contributed by atoms with Crippen LogP contribution in [0.15, 0.2) is 42.5 Å². The Hall–Kier alpha value is -3.28. The van der Waals surface area contributed by atoms with E-state index in [1.54, 1.807) is 51.1 Å². The van der Waals surface area contributed by atoms with E-state index in [-0.39, 0.29) is 18.5 Å². The van der Waals surface area contributed by atoms with E-state index in [9.17, 15) is 9.59 Å². The zero-order chi connectivity index (χ0) is 25.1. The quantitative estimate of drug-likeness (QED) is 0.155. The summed E-state index contributed by atoms with van der Waals surface area (Å²) >= 11 is 0. The van der Waals surface area contributed by atoms with E-state index in [1.807, 2.05) is 32.9 Å². The Morgan fingerprint density at radius 1 is 0.882 bits per heavy atom. The van der Waals surface area contributed by atoms with Crippen molar-refractivity contribution in [2.75, 3.05) is 20.0 Å². The van der Waals surface area contributed by atoms with Gasteiger partial charge < -0.3 is 18.9 Å². The Morgan fingerprint density at radius 2 is 1.53 bits per heavy atom. The Morgan fingerprint density at radius 3 is 2.15 bits per heavy atom. The number of benzene rings is 2. The molecular formula is C28H36O6. The highest BCUT2D eigenvalue weighted by atomic mass is 16.7. The lowest BCUT2D eigenvalue weighted by atomic mass is 9.98. The lowest BCUT2D eigenvalue weighted by Gasteiger charge is -2.16. The van der Waals surface area contributed by atoms with Crippen LogP contribution in [0.25, 0.3) is 6.08 Å². The fraction of sp³-hybridized carbons (Fsp3) is 0.429. The number of hydrogen-bond donors (Lipinski definition) is 0. The van der Waals surface area contributed by atoms with Crippen molar-refractivity contribution in [3.05, 3.63) is 59.2 Å². The van der Waals surface area contributed by atoms with Crippen LogP contribution in [-0.2, 0) is 9.53 Å². The number of esters is 1. The Labute approximate surface area is 202 Å². The smallest absolute Gasteiger partial charge is 0.314 e. The van der Waals surface area contributed by atoms with Gasteiger partial charge in [-0.05, 0) is 88.6 Å². The molecular weight excluding hydrogens is 432 g/mol. The zero-order valence-electron chi connectivity index (χ0n) is 21.1. The van der Waals surface area contributed by atoms with Gasteiger partial charge in [-0.3, -0.25) is 9.59 Å². The zero-order valence-corrected chi connectivity index (χ0v) is 21.1. The first-order chi connectivity index (χ1) is 16.2. The van der Waals surface area contributed by atoms with Gasteiger partial charge in [-0.25, -0.2) is 0 Å². The summed E-state index contributed by atoms with van der Waals surface area (Å²) in [6.45, 7) is 12.4. The summed E-state index contributed by atoms with van der Waals surface area (Å²) in [5.74, 6) is 1.43. The van der Waals surface area contributed by atoms with Gasteiger partial charge in [0.1, 0.15) is 17.2 Å². The highest BCUT2D eigenvalue weighted by Gasteiger charge is 2.23. The fourth-order valence-corrected chi connectivity index (χ4v) is 2.92. The molecule has 0 atom stereocenters. The largest absolute Gasteiger partial charge is 0.493 e. The van der Waals surface area contributed by atoms with Crippen molar-refractivity contribution >= 4 is 17.8 Å². The molecule has 0 spiro atoms. The first kappa shape index (κ1) is 27.0. The SMILES string of the molecule is CCCOc1ccc(C)c(OCCC)c1/C=C/C(=O)c1ccc(OCOC(=O)C(C)(C)C)cc1. The van der Waals surface area contributed by atoms with Crippen LogP contribution in [-0.4, -0.2) is 31.8 Å². The molecule has 2 aromatic carbocycles. The summed E-state index contributed by atoms with van der Waals surface area (Å²) < 4.78 is 22.4. The molecule has 0 amide bonds. The number of rotatable bonds is 12.